The van der Waals surface area contributed by atoms with Gasteiger partial charge in [0.2, 0.25) is 0 Å². The van der Waals surface area contributed by atoms with E-state index < -0.39 is 12.2 Å². The van der Waals surface area contributed by atoms with Crippen molar-refractivity contribution in [2.45, 2.75) is 36.5 Å². The summed E-state index contributed by atoms with van der Waals surface area (Å²) in [7, 11) is 7.11. The molecule has 176 valence electrons. The van der Waals surface area contributed by atoms with Crippen molar-refractivity contribution in [2.24, 2.45) is 11.3 Å². The summed E-state index contributed by atoms with van der Waals surface area (Å²) in [6, 6.07) is 4.27. The molecule has 9 nitrogen and oxygen atoms in total. The number of hydrogen-bond acceptors (Lipinski definition) is 7. The van der Waals surface area contributed by atoms with Crippen LogP contribution in [0.3, 0.4) is 0 Å². The van der Waals surface area contributed by atoms with Gasteiger partial charge < -0.3 is 24.4 Å². The number of benzene rings is 1. The number of hydrazine groups is 1. The third-order valence-electron chi connectivity index (χ3n) is 8.28. The second kappa shape index (κ2) is 6.71. The van der Waals surface area contributed by atoms with Crippen LogP contribution in [0.4, 0.5) is 4.79 Å². The number of aliphatic hydroxyl groups excluding tert-OH is 1. The summed E-state index contributed by atoms with van der Waals surface area (Å²) in [5, 5.41) is 12.4. The lowest BCUT2D eigenvalue weighted by Crippen LogP contribution is -2.62. The van der Waals surface area contributed by atoms with E-state index in [9.17, 15) is 14.7 Å². The second-order valence-electron chi connectivity index (χ2n) is 10.6. The maximum Gasteiger partial charge on any atom is 0.415 e. The lowest BCUT2D eigenvalue weighted by molar-refractivity contribution is -0.125. The number of hydrogen-bond donors (Lipinski definition) is 2. The number of amides is 2. The SMILES string of the molecule is CN(C)NC(=O)CN(C)C(=O)Oc1ccc2c3c1O[C@H]1[C@@H](O)C=CC4C5N(C)CC5(C2)CC341. The van der Waals surface area contributed by atoms with Gasteiger partial charge in [-0.1, -0.05) is 18.2 Å². The number of ether oxygens (including phenoxy) is 2. The van der Waals surface area contributed by atoms with Crippen LogP contribution in [-0.2, 0) is 16.6 Å². The Morgan fingerprint density at radius 2 is 2.09 bits per heavy atom. The number of nitrogens with one attached hydrogen (secondary N) is 1. The minimum atomic E-state index is -0.708. The summed E-state index contributed by atoms with van der Waals surface area (Å²) < 4.78 is 12.2. The fourth-order valence-corrected chi connectivity index (χ4v) is 7.55. The fraction of sp³-hybridized carbons (Fsp3) is 0.583. The molecule has 2 bridgehead atoms. The van der Waals surface area contributed by atoms with Gasteiger partial charge in [0.25, 0.3) is 5.91 Å². The van der Waals surface area contributed by atoms with Crippen molar-refractivity contribution >= 4 is 12.0 Å². The van der Waals surface area contributed by atoms with E-state index in [-0.39, 0.29) is 35.3 Å². The van der Waals surface area contributed by atoms with Crippen LogP contribution < -0.4 is 14.9 Å². The number of carbonyl (C=O) groups excluding carboxylic acids is 2. The Kier molecular flexibility index (Phi) is 4.26. The van der Waals surface area contributed by atoms with Gasteiger partial charge in [-0.25, -0.2) is 9.80 Å². The van der Waals surface area contributed by atoms with Gasteiger partial charge >= 0.3 is 6.09 Å². The molecule has 0 aromatic heterocycles. The Morgan fingerprint density at radius 3 is 2.82 bits per heavy atom. The van der Waals surface area contributed by atoms with Crippen molar-refractivity contribution in [3.05, 3.63) is 35.4 Å². The Morgan fingerprint density at radius 1 is 1.30 bits per heavy atom. The molecule has 0 radical (unpaired) electrons. The van der Waals surface area contributed by atoms with Gasteiger partial charge in [0, 0.05) is 56.0 Å². The summed E-state index contributed by atoms with van der Waals surface area (Å²) >= 11 is 0. The summed E-state index contributed by atoms with van der Waals surface area (Å²) in [5.74, 6) is 0.861. The average molecular weight is 455 g/mol. The summed E-state index contributed by atoms with van der Waals surface area (Å²) in [6.07, 6.45) is 4.28. The molecule has 2 heterocycles. The largest absolute Gasteiger partial charge is 0.482 e. The van der Waals surface area contributed by atoms with Gasteiger partial charge in [0.1, 0.15) is 18.8 Å². The molecule has 6 rings (SSSR count). The van der Waals surface area contributed by atoms with Crippen molar-refractivity contribution in [3.8, 4) is 11.5 Å². The Bertz CT molecular complexity index is 1090. The molecule has 2 aliphatic heterocycles. The molecule has 4 unspecified atom stereocenters. The molecule has 1 saturated heterocycles. The molecule has 5 aliphatic rings. The number of likely N-dealkylation sites (tertiary alicyclic amines) is 1. The minimum absolute atomic E-state index is 0.133. The number of nitrogens with zero attached hydrogens (tertiary/aromatic N) is 3. The molecule has 33 heavy (non-hydrogen) atoms. The maximum atomic E-state index is 12.8. The van der Waals surface area contributed by atoms with E-state index in [1.54, 1.807) is 20.2 Å². The topological polar surface area (TPSA) is 94.6 Å². The zero-order valence-electron chi connectivity index (χ0n) is 19.4. The van der Waals surface area contributed by atoms with Crippen LogP contribution in [0.5, 0.6) is 11.5 Å². The van der Waals surface area contributed by atoms with Crippen LogP contribution in [0.2, 0.25) is 0 Å². The first kappa shape index (κ1) is 20.9. The molecule has 3 aliphatic carbocycles. The van der Waals surface area contributed by atoms with Crippen molar-refractivity contribution in [2.75, 3.05) is 41.3 Å². The van der Waals surface area contributed by atoms with Gasteiger partial charge in [0.05, 0.1) is 0 Å². The van der Waals surface area contributed by atoms with E-state index in [4.69, 9.17) is 9.47 Å². The number of rotatable bonds is 4. The highest BCUT2D eigenvalue weighted by atomic mass is 16.6. The first-order valence-corrected chi connectivity index (χ1v) is 11.5. The van der Waals surface area contributed by atoms with E-state index in [0.717, 1.165) is 24.9 Å². The van der Waals surface area contributed by atoms with E-state index >= 15 is 0 Å². The lowest BCUT2D eigenvalue weighted by atomic mass is 9.60. The number of fused-ring (bicyclic) bond motifs is 1. The zero-order chi connectivity index (χ0) is 23.3. The van der Waals surface area contributed by atoms with Crippen LogP contribution in [0.25, 0.3) is 0 Å². The third kappa shape index (κ3) is 2.64. The van der Waals surface area contributed by atoms with E-state index in [2.05, 4.69) is 29.5 Å². The molecule has 6 atom stereocenters. The normalized spacial score (nSPS) is 36.5. The van der Waals surface area contributed by atoms with Gasteiger partial charge in [-0.2, -0.15) is 0 Å². The van der Waals surface area contributed by atoms with Crippen molar-refractivity contribution in [3.63, 3.8) is 0 Å². The molecule has 1 saturated carbocycles. The Balaban J connectivity index is 1.33. The Labute approximate surface area is 192 Å². The van der Waals surface area contributed by atoms with Crippen LogP contribution >= 0.6 is 0 Å². The molecule has 1 aromatic rings. The molecule has 1 aromatic carbocycles. The van der Waals surface area contributed by atoms with Gasteiger partial charge in [-0.15, -0.1) is 0 Å². The van der Waals surface area contributed by atoms with Crippen LogP contribution in [0, 0.1) is 11.3 Å². The summed E-state index contributed by atoms with van der Waals surface area (Å²) in [4.78, 5) is 28.4. The van der Waals surface area contributed by atoms with Crippen LogP contribution in [0.15, 0.2) is 24.3 Å². The van der Waals surface area contributed by atoms with Gasteiger partial charge in [0.15, 0.2) is 11.5 Å². The minimum Gasteiger partial charge on any atom is -0.482 e. The first-order chi connectivity index (χ1) is 15.7. The van der Waals surface area contributed by atoms with Gasteiger partial charge in [-0.3, -0.25) is 10.2 Å². The van der Waals surface area contributed by atoms with E-state index in [1.807, 2.05) is 6.08 Å². The van der Waals surface area contributed by atoms with Crippen molar-refractivity contribution < 1.29 is 24.2 Å². The quantitative estimate of drug-likeness (QED) is 0.506. The molecule has 2 N–H and O–H groups in total. The predicted molar refractivity (Wildman–Crippen MR) is 119 cm³/mol. The van der Waals surface area contributed by atoms with Crippen molar-refractivity contribution in [1.82, 2.24) is 20.2 Å². The highest BCUT2D eigenvalue weighted by molar-refractivity contribution is 5.82. The molecular weight excluding hydrogens is 424 g/mol. The molecular formula is C24H30N4O5. The van der Waals surface area contributed by atoms with Gasteiger partial charge in [-0.05, 0) is 31.5 Å². The number of aliphatic hydroxyl groups is 1. The predicted octanol–water partition coefficient (Wildman–Crippen LogP) is 0.516. The van der Waals surface area contributed by atoms with Crippen LogP contribution in [-0.4, -0.2) is 91.4 Å². The molecule has 9 heteroatoms. The molecule has 2 spiro atoms. The zero-order valence-corrected chi connectivity index (χ0v) is 19.4. The fourth-order valence-electron chi connectivity index (χ4n) is 7.55. The van der Waals surface area contributed by atoms with Crippen LogP contribution in [0.1, 0.15) is 17.5 Å². The smallest absolute Gasteiger partial charge is 0.415 e. The highest BCUT2D eigenvalue weighted by Crippen LogP contribution is 2.72. The maximum absolute atomic E-state index is 12.8. The van der Waals surface area contributed by atoms with Crippen molar-refractivity contribution in [1.29, 1.82) is 0 Å². The monoisotopic (exact) mass is 454 g/mol. The number of carbonyl (C=O) groups is 2. The standard InChI is InChI=1S/C24H30N4O5/c1-26(2)25-17(30)10-27(3)22(31)32-16-8-5-13-9-23-11-24-14(20(23)28(4)12-23)6-7-15(29)21(24)33-19(16)18(13)24/h5-8,14-15,20-21,29H,9-12H2,1-4H3,(H,25,30)/t14?,15-,20?,21-,23?,24?/m0/s1. The lowest BCUT2D eigenvalue weighted by Gasteiger charge is -2.54. The highest BCUT2D eigenvalue weighted by Gasteiger charge is 2.75. The van der Waals surface area contributed by atoms with E-state index in [0.29, 0.717) is 17.5 Å². The third-order valence-corrected chi connectivity index (χ3v) is 8.28. The first-order valence-electron chi connectivity index (χ1n) is 11.5. The summed E-state index contributed by atoms with van der Waals surface area (Å²) in [5.41, 5.74) is 4.86. The van der Waals surface area contributed by atoms with E-state index in [1.165, 1.54) is 22.5 Å². The Hall–Kier alpha value is -2.62. The molecule has 2 amide bonds. The number of likely N-dealkylation sites (N-methyl/N-ethyl adjacent to an activating group) is 1. The second-order valence-corrected chi connectivity index (χ2v) is 10.6. The molecule has 2 fully saturated rings. The summed E-state index contributed by atoms with van der Waals surface area (Å²) in [6.45, 7) is 0.920. The average Bonchev–Trinajstić information content (AvgIpc) is 3.17.